The lowest BCUT2D eigenvalue weighted by Gasteiger charge is -2.06. The van der Waals surface area contributed by atoms with Crippen LogP contribution in [0.15, 0.2) is 40.2 Å². The monoisotopic (exact) mass is 312 g/mol. The molecule has 0 unspecified atom stereocenters. The van der Waals surface area contributed by atoms with Crippen molar-refractivity contribution in [2.45, 2.75) is 13.5 Å². The Morgan fingerprint density at radius 3 is 2.29 bits per heavy atom. The van der Waals surface area contributed by atoms with Gasteiger partial charge in [0.2, 0.25) is 0 Å². The Balaban J connectivity index is 1.90. The zero-order valence-electron chi connectivity index (χ0n) is 9.48. The van der Waals surface area contributed by atoms with Gasteiger partial charge in [0.25, 0.3) is 0 Å². The number of thiophene rings is 1. The van der Waals surface area contributed by atoms with E-state index in [1.807, 2.05) is 31.2 Å². The Hall–Kier alpha value is -1.00. The predicted octanol–water partition coefficient (Wildman–Crippen LogP) is 4.49. The second-order valence-corrected chi connectivity index (χ2v) is 5.34. The van der Waals surface area contributed by atoms with Crippen LogP contribution >= 0.6 is 27.3 Å². The van der Waals surface area contributed by atoms with Crippen molar-refractivity contribution in [1.82, 2.24) is 0 Å². The normalized spacial score (nSPS) is 10.2. The molecule has 1 aromatic carbocycles. The Kier molecular flexibility index (Phi) is 4.45. The molecular weight excluding hydrogens is 300 g/mol. The van der Waals surface area contributed by atoms with E-state index < -0.39 is 0 Å². The van der Waals surface area contributed by atoms with Gasteiger partial charge in [0.05, 0.1) is 6.61 Å². The average Bonchev–Trinajstić information content (AvgIpc) is 2.75. The Morgan fingerprint density at radius 2 is 1.76 bits per heavy atom. The Morgan fingerprint density at radius 1 is 1.12 bits per heavy atom. The molecule has 0 bridgehead atoms. The van der Waals surface area contributed by atoms with Gasteiger partial charge in [-0.3, -0.25) is 0 Å². The minimum Gasteiger partial charge on any atom is -0.494 e. The van der Waals surface area contributed by atoms with Gasteiger partial charge in [0.15, 0.2) is 0 Å². The first-order valence-corrected chi connectivity index (χ1v) is 7.04. The molecule has 2 rings (SSSR count). The first-order chi connectivity index (χ1) is 8.28. The largest absolute Gasteiger partial charge is 0.494 e. The number of halogens is 1. The first-order valence-electron chi connectivity index (χ1n) is 5.36. The Bertz CT molecular complexity index is 465. The van der Waals surface area contributed by atoms with Crippen molar-refractivity contribution in [2.75, 3.05) is 6.61 Å². The molecular formula is C13H13BrO2S. The minimum atomic E-state index is 0.601. The molecule has 0 atom stereocenters. The van der Waals surface area contributed by atoms with E-state index in [-0.39, 0.29) is 0 Å². The highest BCUT2D eigenvalue weighted by Crippen LogP contribution is 2.22. The van der Waals surface area contributed by atoms with Gasteiger partial charge in [-0.15, -0.1) is 11.3 Å². The molecule has 0 radical (unpaired) electrons. The van der Waals surface area contributed by atoms with E-state index >= 15 is 0 Å². The predicted molar refractivity (Wildman–Crippen MR) is 74.0 cm³/mol. The fraction of sp³-hybridized carbons (Fsp3) is 0.231. The highest BCUT2D eigenvalue weighted by molar-refractivity contribution is 9.10. The maximum absolute atomic E-state index is 5.67. The number of ether oxygens (including phenoxy) is 2. The zero-order chi connectivity index (χ0) is 12.1. The van der Waals surface area contributed by atoms with Crippen molar-refractivity contribution in [3.05, 3.63) is 45.1 Å². The van der Waals surface area contributed by atoms with E-state index in [9.17, 15) is 0 Å². The molecule has 90 valence electrons. The standard InChI is InChI=1S/C13H13BrO2S/c1-2-15-11-3-5-12(6-4-11)16-8-13-7-10(14)9-17-13/h3-7,9H,2,8H2,1H3. The van der Waals surface area contributed by atoms with Crippen LogP contribution in [0.5, 0.6) is 11.5 Å². The third-order valence-electron chi connectivity index (χ3n) is 2.14. The van der Waals surface area contributed by atoms with E-state index in [4.69, 9.17) is 9.47 Å². The molecule has 4 heteroatoms. The van der Waals surface area contributed by atoms with E-state index in [1.54, 1.807) is 11.3 Å². The lowest BCUT2D eigenvalue weighted by Crippen LogP contribution is -1.94. The molecule has 0 saturated carbocycles. The summed E-state index contributed by atoms with van der Waals surface area (Å²) in [7, 11) is 0. The quantitative estimate of drug-likeness (QED) is 0.810. The van der Waals surface area contributed by atoms with Gasteiger partial charge in [0.1, 0.15) is 18.1 Å². The van der Waals surface area contributed by atoms with Crippen LogP contribution in [-0.2, 0) is 6.61 Å². The number of hydrogen-bond donors (Lipinski definition) is 0. The summed E-state index contributed by atoms with van der Waals surface area (Å²) >= 11 is 5.11. The minimum absolute atomic E-state index is 0.601. The molecule has 0 aliphatic heterocycles. The molecule has 1 heterocycles. The number of benzene rings is 1. The molecule has 0 saturated heterocycles. The first kappa shape index (κ1) is 12.5. The summed E-state index contributed by atoms with van der Waals surface area (Å²) in [4.78, 5) is 1.20. The van der Waals surface area contributed by atoms with Gasteiger partial charge in [-0.25, -0.2) is 0 Å². The highest BCUT2D eigenvalue weighted by Gasteiger charge is 2.00. The fourth-order valence-electron chi connectivity index (χ4n) is 1.38. The van der Waals surface area contributed by atoms with Gasteiger partial charge in [-0.1, -0.05) is 0 Å². The molecule has 0 amide bonds. The molecule has 0 aliphatic carbocycles. The van der Waals surface area contributed by atoms with Crippen LogP contribution < -0.4 is 9.47 Å². The van der Waals surface area contributed by atoms with Crippen LogP contribution in [0.1, 0.15) is 11.8 Å². The van der Waals surface area contributed by atoms with Gasteiger partial charge in [-0.2, -0.15) is 0 Å². The summed E-state index contributed by atoms with van der Waals surface area (Å²) < 4.78 is 12.1. The summed E-state index contributed by atoms with van der Waals surface area (Å²) in [6, 6.07) is 9.76. The molecule has 0 fully saturated rings. The van der Waals surface area contributed by atoms with Crippen LogP contribution in [0, 0.1) is 0 Å². The maximum atomic E-state index is 5.67. The topological polar surface area (TPSA) is 18.5 Å². The van der Waals surface area contributed by atoms with E-state index in [2.05, 4.69) is 27.4 Å². The molecule has 2 aromatic rings. The van der Waals surface area contributed by atoms with Gasteiger partial charge >= 0.3 is 0 Å². The van der Waals surface area contributed by atoms with Crippen LogP contribution in [0.25, 0.3) is 0 Å². The van der Waals surface area contributed by atoms with Crippen molar-refractivity contribution in [1.29, 1.82) is 0 Å². The second kappa shape index (κ2) is 6.07. The van der Waals surface area contributed by atoms with Crippen LogP contribution in [0.2, 0.25) is 0 Å². The Labute approximate surface area is 113 Å². The van der Waals surface area contributed by atoms with Crippen molar-refractivity contribution < 1.29 is 9.47 Å². The summed E-state index contributed by atoms with van der Waals surface area (Å²) in [6.07, 6.45) is 0. The lowest BCUT2D eigenvalue weighted by molar-refractivity contribution is 0.307. The molecule has 2 nitrogen and oxygen atoms in total. The van der Waals surface area contributed by atoms with Gasteiger partial charge in [0, 0.05) is 14.7 Å². The molecule has 0 N–H and O–H groups in total. The van der Waals surface area contributed by atoms with Crippen molar-refractivity contribution in [2.24, 2.45) is 0 Å². The molecule has 1 aromatic heterocycles. The zero-order valence-corrected chi connectivity index (χ0v) is 11.9. The SMILES string of the molecule is CCOc1ccc(OCc2cc(Br)cs2)cc1. The summed E-state index contributed by atoms with van der Waals surface area (Å²) in [5.41, 5.74) is 0. The molecule has 0 spiro atoms. The van der Waals surface area contributed by atoms with Crippen LogP contribution in [-0.4, -0.2) is 6.61 Å². The fourth-order valence-corrected chi connectivity index (χ4v) is 2.74. The summed E-state index contributed by atoms with van der Waals surface area (Å²) in [5.74, 6) is 1.73. The highest BCUT2D eigenvalue weighted by atomic mass is 79.9. The third-order valence-corrected chi connectivity index (χ3v) is 3.81. The molecule has 17 heavy (non-hydrogen) atoms. The number of rotatable bonds is 5. The van der Waals surface area contributed by atoms with E-state index in [1.165, 1.54) is 4.88 Å². The van der Waals surface area contributed by atoms with Crippen molar-refractivity contribution >= 4 is 27.3 Å². The van der Waals surface area contributed by atoms with E-state index in [0.29, 0.717) is 13.2 Å². The third kappa shape index (κ3) is 3.75. The lowest BCUT2D eigenvalue weighted by atomic mass is 10.3. The molecule has 0 aliphatic rings. The summed E-state index contributed by atoms with van der Waals surface area (Å²) in [5, 5.41) is 2.05. The smallest absolute Gasteiger partial charge is 0.122 e. The van der Waals surface area contributed by atoms with Crippen molar-refractivity contribution in [3.63, 3.8) is 0 Å². The van der Waals surface area contributed by atoms with Crippen LogP contribution in [0.3, 0.4) is 0 Å². The average molecular weight is 313 g/mol. The van der Waals surface area contributed by atoms with Gasteiger partial charge in [-0.05, 0) is 53.2 Å². The maximum Gasteiger partial charge on any atom is 0.122 e. The van der Waals surface area contributed by atoms with Crippen molar-refractivity contribution in [3.8, 4) is 11.5 Å². The van der Waals surface area contributed by atoms with E-state index in [0.717, 1.165) is 16.0 Å². The van der Waals surface area contributed by atoms with Crippen LogP contribution in [0.4, 0.5) is 0 Å². The van der Waals surface area contributed by atoms with Gasteiger partial charge < -0.3 is 9.47 Å². The summed E-state index contributed by atoms with van der Waals surface area (Å²) in [6.45, 7) is 3.26. The second-order valence-electron chi connectivity index (χ2n) is 3.42. The number of hydrogen-bond acceptors (Lipinski definition) is 3.